The standard InChI is InChI=1S/C12H15N3/c13-6-5-8-1-4-10-11(7-8)14-15-12(10)9-2-3-9/h1,4,7,9H,2-3,5-6,13H2,(H,14,15). The number of nitrogens with zero attached hydrogens (tertiary/aromatic N) is 1. The van der Waals surface area contributed by atoms with Gasteiger partial charge in [0.15, 0.2) is 0 Å². The van der Waals surface area contributed by atoms with Gasteiger partial charge in [-0.1, -0.05) is 12.1 Å². The van der Waals surface area contributed by atoms with Gasteiger partial charge in [0.2, 0.25) is 0 Å². The molecular formula is C12H15N3. The summed E-state index contributed by atoms with van der Waals surface area (Å²) in [6.45, 7) is 0.700. The second-order valence-electron chi connectivity index (χ2n) is 4.30. The molecule has 0 amide bonds. The lowest BCUT2D eigenvalue weighted by molar-refractivity contribution is 0.968. The summed E-state index contributed by atoms with van der Waals surface area (Å²) in [4.78, 5) is 0. The van der Waals surface area contributed by atoms with Gasteiger partial charge in [0, 0.05) is 17.0 Å². The maximum atomic E-state index is 5.54. The van der Waals surface area contributed by atoms with Crippen LogP contribution in [-0.2, 0) is 6.42 Å². The number of benzene rings is 1. The van der Waals surface area contributed by atoms with Crippen molar-refractivity contribution < 1.29 is 0 Å². The van der Waals surface area contributed by atoms with E-state index in [-0.39, 0.29) is 0 Å². The second kappa shape index (κ2) is 3.35. The maximum Gasteiger partial charge on any atom is 0.0926 e. The van der Waals surface area contributed by atoms with Crippen LogP contribution in [0.1, 0.15) is 30.0 Å². The lowest BCUT2D eigenvalue weighted by atomic mass is 10.1. The highest BCUT2D eigenvalue weighted by atomic mass is 15.1. The lowest BCUT2D eigenvalue weighted by Gasteiger charge is -1.98. The van der Waals surface area contributed by atoms with E-state index in [4.69, 9.17) is 5.73 Å². The number of aromatic amines is 1. The Morgan fingerprint density at radius 1 is 1.40 bits per heavy atom. The molecule has 3 rings (SSSR count). The molecule has 1 heterocycles. The highest BCUT2D eigenvalue weighted by Crippen LogP contribution is 2.41. The number of fused-ring (bicyclic) bond motifs is 1. The molecule has 0 aliphatic heterocycles. The van der Waals surface area contributed by atoms with E-state index in [2.05, 4.69) is 28.4 Å². The van der Waals surface area contributed by atoms with Gasteiger partial charge in [-0.2, -0.15) is 5.10 Å². The first-order valence-corrected chi connectivity index (χ1v) is 5.55. The van der Waals surface area contributed by atoms with Gasteiger partial charge in [-0.25, -0.2) is 0 Å². The predicted molar refractivity (Wildman–Crippen MR) is 60.8 cm³/mol. The highest BCUT2D eigenvalue weighted by Gasteiger charge is 2.27. The average Bonchev–Trinajstić information content (AvgIpc) is 3.00. The first kappa shape index (κ1) is 8.92. The molecule has 3 N–H and O–H groups in total. The first-order valence-electron chi connectivity index (χ1n) is 5.55. The normalized spacial score (nSPS) is 16.1. The van der Waals surface area contributed by atoms with Gasteiger partial charge in [0.05, 0.1) is 5.52 Å². The largest absolute Gasteiger partial charge is 0.330 e. The summed E-state index contributed by atoms with van der Waals surface area (Å²) in [5, 5.41) is 8.81. The zero-order valence-corrected chi connectivity index (χ0v) is 8.66. The lowest BCUT2D eigenvalue weighted by Crippen LogP contribution is -2.02. The molecular weight excluding hydrogens is 186 g/mol. The number of H-pyrrole nitrogens is 1. The molecule has 0 atom stereocenters. The third-order valence-corrected chi connectivity index (χ3v) is 3.07. The predicted octanol–water partition coefficient (Wildman–Crippen LogP) is 1.94. The number of nitrogens with two attached hydrogens (primary N) is 1. The third-order valence-electron chi connectivity index (χ3n) is 3.07. The number of hydrogen-bond acceptors (Lipinski definition) is 2. The van der Waals surface area contributed by atoms with E-state index in [0.717, 1.165) is 17.9 Å². The Bertz CT molecular complexity index is 483. The quantitative estimate of drug-likeness (QED) is 0.797. The molecule has 3 nitrogen and oxygen atoms in total. The summed E-state index contributed by atoms with van der Waals surface area (Å²) >= 11 is 0. The number of rotatable bonds is 3. The molecule has 1 aliphatic carbocycles. The van der Waals surface area contributed by atoms with Crippen molar-refractivity contribution in [3.05, 3.63) is 29.5 Å². The van der Waals surface area contributed by atoms with E-state index in [1.54, 1.807) is 0 Å². The van der Waals surface area contributed by atoms with Crippen LogP contribution in [0, 0.1) is 0 Å². The SMILES string of the molecule is NCCc1ccc2c(C3CC3)[nH]nc2c1. The van der Waals surface area contributed by atoms with Crippen molar-refractivity contribution in [3.8, 4) is 0 Å². The van der Waals surface area contributed by atoms with Crippen LogP contribution in [0.4, 0.5) is 0 Å². The third kappa shape index (κ3) is 1.53. The zero-order valence-electron chi connectivity index (χ0n) is 8.66. The molecule has 1 saturated carbocycles. The van der Waals surface area contributed by atoms with Crippen molar-refractivity contribution in [1.82, 2.24) is 10.2 Å². The van der Waals surface area contributed by atoms with E-state index in [1.807, 2.05) is 0 Å². The van der Waals surface area contributed by atoms with Crippen LogP contribution in [0.2, 0.25) is 0 Å². The Morgan fingerprint density at radius 2 is 2.27 bits per heavy atom. The fourth-order valence-electron chi connectivity index (χ4n) is 2.08. The van der Waals surface area contributed by atoms with Crippen LogP contribution in [0.5, 0.6) is 0 Å². The minimum atomic E-state index is 0.700. The maximum absolute atomic E-state index is 5.54. The van der Waals surface area contributed by atoms with Crippen molar-refractivity contribution >= 4 is 10.9 Å². The second-order valence-corrected chi connectivity index (χ2v) is 4.30. The van der Waals surface area contributed by atoms with Gasteiger partial charge in [-0.05, 0) is 37.4 Å². The molecule has 0 spiro atoms. The first-order chi connectivity index (χ1) is 7.38. The van der Waals surface area contributed by atoms with E-state index >= 15 is 0 Å². The van der Waals surface area contributed by atoms with Crippen LogP contribution in [0.25, 0.3) is 10.9 Å². The summed E-state index contributed by atoms with van der Waals surface area (Å²) in [6.07, 6.45) is 3.55. The van der Waals surface area contributed by atoms with Gasteiger partial charge in [0.25, 0.3) is 0 Å². The van der Waals surface area contributed by atoms with Crippen molar-refractivity contribution in [2.45, 2.75) is 25.2 Å². The Labute approximate surface area is 88.7 Å². The van der Waals surface area contributed by atoms with Crippen LogP contribution >= 0.6 is 0 Å². The number of aromatic nitrogens is 2. The minimum Gasteiger partial charge on any atom is -0.330 e. The molecule has 15 heavy (non-hydrogen) atoms. The van der Waals surface area contributed by atoms with Gasteiger partial charge in [-0.3, -0.25) is 5.10 Å². The van der Waals surface area contributed by atoms with Crippen LogP contribution in [0.3, 0.4) is 0 Å². The number of nitrogens with one attached hydrogen (secondary N) is 1. The van der Waals surface area contributed by atoms with Gasteiger partial charge in [-0.15, -0.1) is 0 Å². The van der Waals surface area contributed by atoms with E-state index in [0.29, 0.717) is 6.54 Å². The molecule has 78 valence electrons. The molecule has 1 aromatic carbocycles. The van der Waals surface area contributed by atoms with E-state index in [1.165, 1.54) is 29.5 Å². The number of hydrogen-bond donors (Lipinski definition) is 2. The van der Waals surface area contributed by atoms with E-state index < -0.39 is 0 Å². The summed E-state index contributed by atoms with van der Waals surface area (Å²) < 4.78 is 0. The highest BCUT2D eigenvalue weighted by molar-refractivity contribution is 5.82. The Morgan fingerprint density at radius 3 is 3.00 bits per heavy atom. The fraction of sp³-hybridized carbons (Fsp3) is 0.417. The molecule has 0 saturated heterocycles. The van der Waals surface area contributed by atoms with Crippen molar-refractivity contribution in [2.75, 3.05) is 6.54 Å². The Balaban J connectivity index is 2.05. The van der Waals surface area contributed by atoms with E-state index in [9.17, 15) is 0 Å². The Hall–Kier alpha value is -1.35. The molecule has 1 fully saturated rings. The molecule has 0 bridgehead atoms. The molecule has 1 aromatic heterocycles. The molecule has 2 aromatic rings. The smallest absolute Gasteiger partial charge is 0.0926 e. The van der Waals surface area contributed by atoms with Crippen molar-refractivity contribution in [1.29, 1.82) is 0 Å². The summed E-state index contributed by atoms with van der Waals surface area (Å²) in [6, 6.07) is 6.48. The summed E-state index contributed by atoms with van der Waals surface area (Å²) in [5.74, 6) is 0.732. The Kier molecular flexibility index (Phi) is 1.99. The minimum absolute atomic E-state index is 0.700. The summed E-state index contributed by atoms with van der Waals surface area (Å²) in [5.41, 5.74) is 9.23. The topological polar surface area (TPSA) is 54.7 Å². The van der Waals surface area contributed by atoms with Crippen molar-refractivity contribution in [2.24, 2.45) is 5.73 Å². The summed E-state index contributed by atoms with van der Waals surface area (Å²) in [7, 11) is 0. The van der Waals surface area contributed by atoms with Gasteiger partial charge >= 0.3 is 0 Å². The zero-order chi connectivity index (χ0) is 10.3. The molecule has 3 heteroatoms. The molecule has 1 aliphatic rings. The fourth-order valence-corrected chi connectivity index (χ4v) is 2.08. The molecule has 0 unspecified atom stereocenters. The van der Waals surface area contributed by atoms with Gasteiger partial charge < -0.3 is 5.73 Å². The van der Waals surface area contributed by atoms with Crippen molar-refractivity contribution in [3.63, 3.8) is 0 Å². The van der Waals surface area contributed by atoms with Crippen LogP contribution in [0.15, 0.2) is 18.2 Å². The average molecular weight is 201 g/mol. The van der Waals surface area contributed by atoms with Gasteiger partial charge in [0.1, 0.15) is 0 Å². The van der Waals surface area contributed by atoms with Crippen LogP contribution in [-0.4, -0.2) is 16.7 Å². The van der Waals surface area contributed by atoms with Crippen LogP contribution < -0.4 is 5.73 Å². The molecule has 0 radical (unpaired) electrons. The monoisotopic (exact) mass is 201 g/mol.